The fraction of sp³-hybridized carbons (Fsp3) is 0.160. The van der Waals surface area contributed by atoms with Crippen molar-refractivity contribution in [3.05, 3.63) is 83.8 Å². The SMILES string of the molecule is COc1ccc(OC)c(NC2=C(c3ccccc3OC)C(=O)N(Cc3cccnc3)C2=O)c1. The molecule has 2 aromatic carbocycles. The Hall–Kier alpha value is -4.33. The normalized spacial score (nSPS) is 13.4. The van der Waals surface area contributed by atoms with Gasteiger partial charge in [0, 0.05) is 24.0 Å². The average molecular weight is 445 g/mol. The number of hydrogen-bond donors (Lipinski definition) is 1. The Morgan fingerprint density at radius 3 is 2.36 bits per heavy atom. The Morgan fingerprint density at radius 2 is 1.67 bits per heavy atom. The van der Waals surface area contributed by atoms with E-state index in [-0.39, 0.29) is 17.8 Å². The van der Waals surface area contributed by atoms with Gasteiger partial charge in [-0.1, -0.05) is 24.3 Å². The third kappa shape index (κ3) is 4.23. The highest BCUT2D eigenvalue weighted by Crippen LogP contribution is 2.38. The summed E-state index contributed by atoms with van der Waals surface area (Å²) in [5.41, 5.74) is 2.07. The predicted octanol–water partition coefficient (Wildman–Crippen LogP) is 3.50. The minimum absolute atomic E-state index is 0.0879. The molecule has 8 heteroatoms. The molecule has 1 aliphatic rings. The molecule has 1 aromatic heterocycles. The summed E-state index contributed by atoms with van der Waals surface area (Å²) >= 11 is 0. The maximum absolute atomic E-state index is 13.5. The van der Waals surface area contributed by atoms with Crippen LogP contribution in [0.5, 0.6) is 17.2 Å². The van der Waals surface area contributed by atoms with Gasteiger partial charge in [0.1, 0.15) is 22.9 Å². The van der Waals surface area contributed by atoms with Crippen molar-refractivity contribution in [1.29, 1.82) is 0 Å². The molecule has 0 saturated carbocycles. The van der Waals surface area contributed by atoms with Crippen molar-refractivity contribution in [2.45, 2.75) is 6.54 Å². The van der Waals surface area contributed by atoms with Crippen LogP contribution in [0.15, 0.2) is 72.7 Å². The highest BCUT2D eigenvalue weighted by Gasteiger charge is 2.40. The van der Waals surface area contributed by atoms with Gasteiger partial charge in [-0.05, 0) is 29.8 Å². The number of aromatic nitrogens is 1. The van der Waals surface area contributed by atoms with Gasteiger partial charge in [-0.3, -0.25) is 19.5 Å². The van der Waals surface area contributed by atoms with Crippen LogP contribution in [-0.4, -0.2) is 43.0 Å². The van der Waals surface area contributed by atoms with Crippen LogP contribution >= 0.6 is 0 Å². The Morgan fingerprint density at radius 1 is 0.879 bits per heavy atom. The number of carbonyl (C=O) groups excluding carboxylic acids is 2. The van der Waals surface area contributed by atoms with E-state index in [2.05, 4.69) is 10.3 Å². The molecule has 0 atom stereocenters. The van der Waals surface area contributed by atoms with Gasteiger partial charge in [-0.25, -0.2) is 0 Å². The lowest BCUT2D eigenvalue weighted by Crippen LogP contribution is -2.32. The number of pyridine rings is 1. The van der Waals surface area contributed by atoms with E-state index in [0.29, 0.717) is 28.5 Å². The summed E-state index contributed by atoms with van der Waals surface area (Å²) in [5, 5.41) is 3.12. The fourth-order valence-electron chi connectivity index (χ4n) is 3.66. The number of methoxy groups -OCH3 is 3. The molecule has 3 aromatic rings. The molecule has 0 saturated heterocycles. The highest BCUT2D eigenvalue weighted by molar-refractivity contribution is 6.37. The topological polar surface area (TPSA) is 90.0 Å². The van der Waals surface area contributed by atoms with E-state index in [0.717, 1.165) is 5.56 Å². The zero-order valence-electron chi connectivity index (χ0n) is 18.5. The zero-order valence-corrected chi connectivity index (χ0v) is 18.5. The van der Waals surface area contributed by atoms with Crippen molar-refractivity contribution in [2.75, 3.05) is 26.6 Å². The summed E-state index contributed by atoms with van der Waals surface area (Å²) in [5.74, 6) is 0.650. The summed E-state index contributed by atoms with van der Waals surface area (Å²) in [4.78, 5) is 32.3. The van der Waals surface area contributed by atoms with Gasteiger partial charge >= 0.3 is 0 Å². The molecular weight excluding hydrogens is 422 g/mol. The summed E-state index contributed by atoms with van der Waals surface area (Å²) in [7, 11) is 4.59. The number of para-hydroxylation sites is 1. The molecule has 168 valence electrons. The van der Waals surface area contributed by atoms with Gasteiger partial charge in [0.25, 0.3) is 11.8 Å². The number of imide groups is 1. The molecule has 1 aliphatic heterocycles. The van der Waals surface area contributed by atoms with Crippen molar-refractivity contribution in [3.63, 3.8) is 0 Å². The van der Waals surface area contributed by atoms with E-state index < -0.39 is 11.8 Å². The molecule has 0 unspecified atom stereocenters. The Kier molecular flexibility index (Phi) is 6.26. The van der Waals surface area contributed by atoms with Crippen molar-refractivity contribution in [1.82, 2.24) is 9.88 Å². The number of hydrogen-bond acceptors (Lipinski definition) is 7. The molecule has 0 fully saturated rings. The fourth-order valence-corrected chi connectivity index (χ4v) is 3.66. The van der Waals surface area contributed by atoms with Crippen molar-refractivity contribution >= 4 is 23.1 Å². The summed E-state index contributed by atoms with van der Waals surface area (Å²) in [6.45, 7) is 0.0879. The van der Waals surface area contributed by atoms with Gasteiger partial charge in [-0.2, -0.15) is 0 Å². The third-order valence-corrected chi connectivity index (χ3v) is 5.27. The van der Waals surface area contributed by atoms with Gasteiger partial charge in [0.05, 0.1) is 39.1 Å². The summed E-state index contributed by atoms with van der Waals surface area (Å²) < 4.78 is 16.2. The minimum Gasteiger partial charge on any atom is -0.497 e. The Labute approximate surface area is 191 Å². The Bertz CT molecular complexity index is 1220. The summed E-state index contributed by atoms with van der Waals surface area (Å²) in [6.07, 6.45) is 3.26. The number of ether oxygens (including phenoxy) is 3. The largest absolute Gasteiger partial charge is 0.497 e. The molecule has 0 aliphatic carbocycles. The average Bonchev–Trinajstić information content (AvgIpc) is 3.08. The lowest BCUT2D eigenvalue weighted by Gasteiger charge is -2.16. The minimum atomic E-state index is -0.463. The van der Waals surface area contributed by atoms with Crippen molar-refractivity contribution in [2.24, 2.45) is 0 Å². The molecule has 2 amide bonds. The van der Waals surface area contributed by atoms with Crippen LogP contribution in [0.3, 0.4) is 0 Å². The molecular formula is C25H23N3O5. The smallest absolute Gasteiger partial charge is 0.278 e. The number of nitrogens with zero attached hydrogens (tertiary/aromatic N) is 2. The number of amides is 2. The van der Waals surface area contributed by atoms with E-state index in [9.17, 15) is 9.59 Å². The number of benzene rings is 2. The maximum atomic E-state index is 13.5. The first-order valence-corrected chi connectivity index (χ1v) is 10.2. The molecule has 2 heterocycles. The lowest BCUT2D eigenvalue weighted by atomic mass is 10.0. The van der Waals surface area contributed by atoms with Crippen LogP contribution in [-0.2, 0) is 16.1 Å². The van der Waals surface area contributed by atoms with Crippen LogP contribution < -0.4 is 19.5 Å². The van der Waals surface area contributed by atoms with Gasteiger partial charge in [0.2, 0.25) is 0 Å². The quantitative estimate of drug-likeness (QED) is 0.531. The van der Waals surface area contributed by atoms with Crippen molar-refractivity contribution in [3.8, 4) is 17.2 Å². The summed E-state index contributed by atoms with van der Waals surface area (Å²) in [6, 6.07) is 15.8. The standard InChI is InChI=1S/C25H23N3O5/c1-31-17-10-11-21(33-3)19(13-17)27-23-22(18-8-4-5-9-20(18)32-2)24(29)28(25(23)30)15-16-7-6-12-26-14-16/h4-14,27H,15H2,1-3H3. The van der Waals surface area contributed by atoms with E-state index in [4.69, 9.17) is 14.2 Å². The maximum Gasteiger partial charge on any atom is 0.278 e. The number of rotatable bonds is 8. The van der Waals surface area contributed by atoms with Crippen LogP contribution in [0.2, 0.25) is 0 Å². The Balaban J connectivity index is 1.82. The van der Waals surface area contributed by atoms with Crippen molar-refractivity contribution < 1.29 is 23.8 Å². The van der Waals surface area contributed by atoms with E-state index >= 15 is 0 Å². The van der Waals surface area contributed by atoms with Crippen LogP contribution in [0.25, 0.3) is 5.57 Å². The molecule has 8 nitrogen and oxygen atoms in total. The molecule has 33 heavy (non-hydrogen) atoms. The molecule has 0 bridgehead atoms. The molecule has 1 N–H and O–H groups in total. The first-order valence-electron chi connectivity index (χ1n) is 10.2. The van der Waals surface area contributed by atoms with Gasteiger partial charge in [0.15, 0.2) is 0 Å². The predicted molar refractivity (Wildman–Crippen MR) is 123 cm³/mol. The van der Waals surface area contributed by atoms with E-state index in [1.54, 1.807) is 68.0 Å². The lowest BCUT2D eigenvalue weighted by molar-refractivity contribution is -0.137. The monoisotopic (exact) mass is 445 g/mol. The molecule has 0 radical (unpaired) electrons. The van der Waals surface area contributed by atoms with Crippen LogP contribution in [0, 0.1) is 0 Å². The number of carbonyl (C=O) groups is 2. The highest BCUT2D eigenvalue weighted by atomic mass is 16.5. The van der Waals surface area contributed by atoms with Gasteiger partial charge < -0.3 is 19.5 Å². The first kappa shape index (κ1) is 21.9. The van der Waals surface area contributed by atoms with Crippen LogP contribution in [0.1, 0.15) is 11.1 Å². The second-order valence-electron chi connectivity index (χ2n) is 7.20. The molecule has 4 rings (SSSR count). The van der Waals surface area contributed by atoms with Gasteiger partial charge in [-0.15, -0.1) is 0 Å². The van der Waals surface area contributed by atoms with E-state index in [1.807, 2.05) is 6.07 Å². The van der Waals surface area contributed by atoms with Crippen LogP contribution in [0.4, 0.5) is 5.69 Å². The zero-order chi connectivity index (χ0) is 23.4. The third-order valence-electron chi connectivity index (χ3n) is 5.27. The number of nitrogens with one attached hydrogen (secondary N) is 1. The number of anilines is 1. The second kappa shape index (κ2) is 9.44. The van der Waals surface area contributed by atoms with E-state index in [1.165, 1.54) is 19.1 Å². The molecule has 0 spiro atoms. The second-order valence-corrected chi connectivity index (χ2v) is 7.20. The first-order chi connectivity index (χ1) is 16.1.